The Morgan fingerprint density at radius 1 is 1.09 bits per heavy atom. The maximum Gasteiger partial charge on any atom is 0.255 e. The van der Waals surface area contributed by atoms with Crippen molar-refractivity contribution in [3.05, 3.63) is 100 Å². The molecule has 0 bridgehead atoms. The minimum absolute atomic E-state index is 0.0115. The highest BCUT2D eigenvalue weighted by Gasteiger charge is 2.42. The lowest BCUT2D eigenvalue weighted by Gasteiger charge is -2.36. The van der Waals surface area contributed by atoms with Gasteiger partial charge < -0.3 is 19.8 Å². The van der Waals surface area contributed by atoms with Gasteiger partial charge in [0, 0.05) is 46.1 Å². The molecule has 2 atom stereocenters. The van der Waals surface area contributed by atoms with Gasteiger partial charge in [0.2, 0.25) is 0 Å². The van der Waals surface area contributed by atoms with Crippen LogP contribution < -0.4 is 15.4 Å². The molecule has 3 aromatic rings. The van der Waals surface area contributed by atoms with Gasteiger partial charge >= 0.3 is 0 Å². The number of furan rings is 1. The Bertz CT molecular complexity index is 1350. The third-order valence-corrected chi connectivity index (χ3v) is 6.60. The van der Waals surface area contributed by atoms with Crippen molar-refractivity contribution < 1.29 is 18.7 Å². The van der Waals surface area contributed by atoms with Gasteiger partial charge in [-0.2, -0.15) is 0 Å². The molecule has 1 aromatic carbocycles. The van der Waals surface area contributed by atoms with Crippen LogP contribution in [0.5, 0.6) is 5.75 Å². The second-order valence-electron chi connectivity index (χ2n) is 8.89. The summed E-state index contributed by atoms with van der Waals surface area (Å²) in [6.45, 7) is 3.74. The summed E-state index contributed by atoms with van der Waals surface area (Å²) in [5.41, 5.74) is 4.16. The molecule has 1 amide bonds. The lowest BCUT2D eigenvalue weighted by molar-refractivity contribution is -0.116. The second-order valence-corrected chi connectivity index (χ2v) is 8.89. The van der Waals surface area contributed by atoms with Crippen molar-refractivity contribution in [2.45, 2.75) is 38.5 Å². The van der Waals surface area contributed by atoms with E-state index in [1.165, 1.54) is 0 Å². The first kappa shape index (κ1) is 22.7. The lowest BCUT2D eigenvalue weighted by atomic mass is 9.72. The van der Waals surface area contributed by atoms with E-state index in [0.29, 0.717) is 41.3 Å². The number of rotatable bonds is 5. The molecular formula is C28H27N3O4. The Kier molecular flexibility index (Phi) is 5.99. The second kappa shape index (κ2) is 9.25. The van der Waals surface area contributed by atoms with Gasteiger partial charge in [0.25, 0.3) is 5.91 Å². The van der Waals surface area contributed by atoms with E-state index in [-0.39, 0.29) is 17.6 Å². The fourth-order valence-corrected chi connectivity index (χ4v) is 5.08. The fraction of sp³-hybridized carbons (Fsp3) is 0.250. The predicted octanol–water partition coefficient (Wildman–Crippen LogP) is 4.99. The number of aromatic nitrogens is 1. The summed E-state index contributed by atoms with van der Waals surface area (Å²) >= 11 is 0. The minimum Gasteiger partial charge on any atom is -0.496 e. The van der Waals surface area contributed by atoms with E-state index in [2.05, 4.69) is 15.6 Å². The van der Waals surface area contributed by atoms with Crippen LogP contribution in [0.2, 0.25) is 0 Å². The molecule has 1 aliphatic heterocycles. The molecule has 0 saturated heterocycles. The smallest absolute Gasteiger partial charge is 0.255 e. The average Bonchev–Trinajstić information content (AvgIpc) is 3.38. The number of nitrogens with one attached hydrogen (secondary N) is 2. The Hall–Kier alpha value is -4.13. The molecule has 7 nitrogen and oxygen atoms in total. The average molecular weight is 470 g/mol. The van der Waals surface area contributed by atoms with Gasteiger partial charge in [-0.15, -0.1) is 0 Å². The Labute approximate surface area is 203 Å². The first-order chi connectivity index (χ1) is 17.0. The highest BCUT2D eigenvalue weighted by atomic mass is 16.5. The highest BCUT2D eigenvalue weighted by Crippen LogP contribution is 2.47. The van der Waals surface area contributed by atoms with Crippen LogP contribution in [0.3, 0.4) is 0 Å². The van der Waals surface area contributed by atoms with Gasteiger partial charge in [-0.25, -0.2) is 4.98 Å². The number of methoxy groups -OCH3 is 1. The largest absolute Gasteiger partial charge is 0.496 e. The molecule has 0 spiro atoms. The highest BCUT2D eigenvalue weighted by molar-refractivity contribution is 6.09. The Balaban J connectivity index is 1.60. The van der Waals surface area contributed by atoms with Gasteiger partial charge in [0.15, 0.2) is 5.78 Å². The molecule has 178 valence electrons. The number of benzene rings is 1. The number of allylic oxidation sites excluding steroid dienone is 3. The molecular weight excluding hydrogens is 442 g/mol. The van der Waals surface area contributed by atoms with E-state index in [0.717, 1.165) is 22.7 Å². The molecule has 1 aliphatic carbocycles. The number of para-hydroxylation sites is 1. The molecule has 2 aliphatic rings. The summed E-state index contributed by atoms with van der Waals surface area (Å²) in [6, 6.07) is 16.7. The molecule has 0 saturated carbocycles. The quantitative estimate of drug-likeness (QED) is 0.547. The zero-order valence-electron chi connectivity index (χ0n) is 19.9. The van der Waals surface area contributed by atoms with Crippen LogP contribution in [0.25, 0.3) is 0 Å². The first-order valence-corrected chi connectivity index (χ1v) is 11.6. The van der Waals surface area contributed by atoms with Gasteiger partial charge in [-0.3, -0.25) is 9.59 Å². The monoisotopic (exact) mass is 469 g/mol. The number of pyridine rings is 1. The number of hydrogen-bond acceptors (Lipinski definition) is 6. The van der Waals surface area contributed by atoms with E-state index in [1.807, 2.05) is 62.4 Å². The molecule has 5 rings (SSSR count). The lowest BCUT2D eigenvalue weighted by Crippen LogP contribution is -2.37. The van der Waals surface area contributed by atoms with Crippen LogP contribution in [0.15, 0.2) is 87.8 Å². The number of amides is 1. The van der Waals surface area contributed by atoms with Gasteiger partial charge in [0.1, 0.15) is 17.3 Å². The number of aryl methyl sites for hydroxylation is 1. The standard InChI is InChI=1S/C28H27N3O4/c1-16-8-6-12-24(29-16)31-28(33)25-17(2)30-20-14-18(22-11-7-13-35-22)15-21(32)27(20)26(25)19-9-4-5-10-23(19)34-3/h4-13,18,26,30H,14-15H2,1-3H3,(H,29,31,33)/t18-,26-/m0/s1. The van der Waals surface area contributed by atoms with Crippen LogP contribution in [0.1, 0.15) is 48.6 Å². The fourth-order valence-electron chi connectivity index (χ4n) is 5.08. The zero-order chi connectivity index (χ0) is 24.5. The number of hydrogen-bond donors (Lipinski definition) is 2. The van der Waals surface area contributed by atoms with E-state index >= 15 is 0 Å². The molecule has 0 unspecified atom stereocenters. The van der Waals surface area contributed by atoms with Gasteiger partial charge in [0.05, 0.1) is 19.3 Å². The number of Topliss-reactive ketones (excluding diaryl/α,β-unsaturated/α-hetero) is 1. The van der Waals surface area contributed by atoms with Crippen molar-refractivity contribution in [1.82, 2.24) is 10.3 Å². The molecule has 0 fully saturated rings. The maximum atomic E-state index is 13.7. The minimum atomic E-state index is -0.572. The van der Waals surface area contributed by atoms with E-state index in [9.17, 15) is 9.59 Å². The number of carbonyl (C=O) groups excluding carboxylic acids is 2. The van der Waals surface area contributed by atoms with Crippen LogP contribution >= 0.6 is 0 Å². The normalized spacial score (nSPS) is 19.8. The van der Waals surface area contributed by atoms with Crippen molar-refractivity contribution >= 4 is 17.5 Å². The van der Waals surface area contributed by atoms with Crippen molar-refractivity contribution in [3.63, 3.8) is 0 Å². The molecule has 35 heavy (non-hydrogen) atoms. The molecule has 0 radical (unpaired) electrons. The maximum absolute atomic E-state index is 13.7. The van der Waals surface area contributed by atoms with Crippen molar-refractivity contribution in [1.29, 1.82) is 0 Å². The Morgan fingerprint density at radius 2 is 1.91 bits per heavy atom. The topological polar surface area (TPSA) is 93.5 Å². The molecule has 3 heterocycles. The van der Waals surface area contributed by atoms with Crippen molar-refractivity contribution in [3.8, 4) is 5.75 Å². The van der Waals surface area contributed by atoms with Gasteiger partial charge in [-0.05, 0) is 50.6 Å². The first-order valence-electron chi connectivity index (χ1n) is 11.6. The third-order valence-electron chi connectivity index (χ3n) is 6.60. The summed E-state index contributed by atoms with van der Waals surface area (Å²) < 4.78 is 11.3. The summed E-state index contributed by atoms with van der Waals surface area (Å²) in [4.78, 5) is 31.7. The number of anilines is 1. The van der Waals surface area contributed by atoms with Crippen LogP contribution in [0, 0.1) is 6.92 Å². The number of ketones is 1. The molecule has 2 aromatic heterocycles. The molecule has 7 heteroatoms. The zero-order valence-corrected chi connectivity index (χ0v) is 19.9. The van der Waals surface area contributed by atoms with Crippen LogP contribution in [-0.4, -0.2) is 23.8 Å². The van der Waals surface area contributed by atoms with Gasteiger partial charge in [-0.1, -0.05) is 24.3 Å². The Morgan fingerprint density at radius 3 is 2.66 bits per heavy atom. The van der Waals surface area contributed by atoms with Crippen LogP contribution in [0.4, 0.5) is 5.82 Å². The summed E-state index contributed by atoms with van der Waals surface area (Å²) in [5.74, 6) is 0.926. The third kappa shape index (κ3) is 4.25. The van der Waals surface area contributed by atoms with E-state index in [4.69, 9.17) is 9.15 Å². The summed E-state index contributed by atoms with van der Waals surface area (Å²) in [6.07, 6.45) is 2.56. The van der Waals surface area contributed by atoms with Crippen LogP contribution in [-0.2, 0) is 9.59 Å². The predicted molar refractivity (Wildman–Crippen MR) is 132 cm³/mol. The van der Waals surface area contributed by atoms with E-state index < -0.39 is 5.92 Å². The SMILES string of the molecule is COc1ccccc1[C@H]1C(C(=O)Nc2cccc(C)n2)=C(C)NC2=C1C(=O)C[C@@H](c1ccco1)C2. The van der Waals surface area contributed by atoms with E-state index in [1.54, 1.807) is 19.4 Å². The molecule has 2 N–H and O–H groups in total. The summed E-state index contributed by atoms with van der Waals surface area (Å²) in [5, 5.41) is 6.30. The number of nitrogens with zero attached hydrogens (tertiary/aromatic N) is 1. The van der Waals surface area contributed by atoms with Crippen molar-refractivity contribution in [2.75, 3.05) is 12.4 Å². The number of dihydropyridines is 1. The number of ether oxygens (including phenoxy) is 1. The van der Waals surface area contributed by atoms with Crippen molar-refractivity contribution in [2.24, 2.45) is 0 Å². The summed E-state index contributed by atoms with van der Waals surface area (Å²) in [7, 11) is 1.60. The number of carbonyl (C=O) groups is 2.